The van der Waals surface area contributed by atoms with Gasteiger partial charge < -0.3 is 0 Å². The van der Waals surface area contributed by atoms with E-state index in [1.54, 1.807) is 0 Å². The van der Waals surface area contributed by atoms with Crippen molar-refractivity contribution in [1.29, 1.82) is 0 Å². The Bertz CT molecular complexity index is 1420. The molecule has 0 saturated carbocycles. The monoisotopic (exact) mass is 422 g/mol. The second-order valence-electron chi connectivity index (χ2n) is 8.94. The first-order valence-corrected chi connectivity index (χ1v) is 11.5. The summed E-state index contributed by atoms with van der Waals surface area (Å²) >= 11 is 1.84. The van der Waals surface area contributed by atoms with E-state index in [2.05, 4.69) is 85.6 Å². The van der Waals surface area contributed by atoms with Gasteiger partial charge in [0.05, 0.1) is 5.69 Å². The van der Waals surface area contributed by atoms with Crippen molar-refractivity contribution in [1.82, 2.24) is 4.98 Å². The number of benzene rings is 3. The molecule has 0 atom stereocenters. The summed E-state index contributed by atoms with van der Waals surface area (Å²) in [6.45, 7) is 8.42. The summed E-state index contributed by atoms with van der Waals surface area (Å²) in [7, 11) is 0. The average molecular weight is 423 g/mol. The summed E-state index contributed by atoms with van der Waals surface area (Å²) < 4.78 is 11.0. The molecule has 5 rings (SSSR count). The van der Waals surface area contributed by atoms with E-state index in [9.17, 15) is 0 Å². The zero-order valence-corrected chi connectivity index (χ0v) is 19.3. The smallest absolute Gasteiger partial charge is 0.0705 e. The molecule has 3 aromatic carbocycles. The van der Waals surface area contributed by atoms with Crippen LogP contribution in [0.25, 0.3) is 31.4 Å². The molecule has 1 nitrogen and oxygen atoms in total. The van der Waals surface area contributed by atoms with Crippen LogP contribution in [-0.2, 0) is 5.41 Å². The third-order valence-electron chi connectivity index (χ3n) is 6.32. The fraction of sp³-hybridized carbons (Fsp3) is 0.207. The zero-order valence-electron chi connectivity index (χ0n) is 19.4. The van der Waals surface area contributed by atoms with E-state index in [4.69, 9.17) is 1.37 Å². The second-order valence-corrected chi connectivity index (χ2v) is 10.0. The maximum Gasteiger partial charge on any atom is 0.0705 e. The minimum Gasteiger partial charge on any atom is -0.256 e. The van der Waals surface area contributed by atoms with Gasteiger partial charge in [-0.15, -0.1) is 11.3 Å². The Morgan fingerprint density at radius 2 is 1.52 bits per heavy atom. The van der Waals surface area contributed by atoms with Crippen molar-refractivity contribution >= 4 is 31.5 Å². The number of hydrogen-bond acceptors (Lipinski definition) is 2. The first kappa shape index (κ1) is 18.8. The van der Waals surface area contributed by atoms with Gasteiger partial charge in [-0.3, -0.25) is 4.98 Å². The molecule has 0 aliphatic carbocycles. The van der Waals surface area contributed by atoms with Crippen molar-refractivity contribution < 1.29 is 1.37 Å². The van der Waals surface area contributed by atoms with Crippen molar-refractivity contribution in [2.75, 3.05) is 0 Å². The van der Waals surface area contributed by atoms with Gasteiger partial charge in [0.25, 0.3) is 0 Å². The maximum atomic E-state index is 8.37. The van der Waals surface area contributed by atoms with Crippen LogP contribution < -0.4 is 0 Å². The number of fused-ring (bicyclic) bond motifs is 3. The molecule has 0 unspecified atom stereocenters. The third kappa shape index (κ3) is 3.55. The van der Waals surface area contributed by atoms with E-state index in [-0.39, 0.29) is 5.41 Å². The van der Waals surface area contributed by atoms with Crippen LogP contribution in [0.3, 0.4) is 0 Å². The molecule has 0 bridgehead atoms. The molecule has 0 aliphatic heterocycles. The molecular formula is C29H27NS. The SMILES string of the molecule is [2H]C(C)(C)c1ccnc(-c2ccc3sc4ccc(C(C)(C)c5ccccc5)cc4c3c2)c1. The summed E-state index contributed by atoms with van der Waals surface area (Å²) in [5.74, 6) is -0.644. The standard InChI is InChI=1S/C29H27NS/c1-19(2)20-14-15-30-26(17-20)21-10-12-27-24(16-21)25-18-23(11-13-28(25)31-27)29(3,4)22-8-6-5-7-9-22/h5-19H,1-4H3/i19D. The molecule has 0 spiro atoms. The number of nitrogens with zero attached hydrogens (tertiary/aromatic N) is 1. The normalized spacial score (nSPS) is 13.0. The van der Waals surface area contributed by atoms with Crippen LogP contribution >= 0.6 is 11.3 Å². The van der Waals surface area contributed by atoms with E-state index in [0.29, 0.717) is 0 Å². The third-order valence-corrected chi connectivity index (χ3v) is 7.47. The number of thiophene rings is 1. The second kappa shape index (κ2) is 7.62. The Morgan fingerprint density at radius 3 is 2.26 bits per heavy atom. The van der Waals surface area contributed by atoms with Gasteiger partial charge in [-0.1, -0.05) is 70.2 Å². The van der Waals surface area contributed by atoms with E-state index >= 15 is 0 Å². The summed E-state index contributed by atoms with van der Waals surface area (Å²) in [6.07, 6.45) is 1.82. The van der Waals surface area contributed by atoms with Gasteiger partial charge in [0.1, 0.15) is 0 Å². The van der Waals surface area contributed by atoms with Gasteiger partial charge in [-0.2, -0.15) is 0 Å². The van der Waals surface area contributed by atoms with Crippen LogP contribution in [-0.4, -0.2) is 4.98 Å². The predicted molar refractivity (Wildman–Crippen MR) is 135 cm³/mol. The van der Waals surface area contributed by atoms with Crippen LogP contribution in [0.2, 0.25) is 0 Å². The average Bonchev–Trinajstić information content (AvgIpc) is 3.16. The molecule has 0 saturated heterocycles. The lowest BCUT2D eigenvalue weighted by atomic mass is 9.78. The first-order valence-electron chi connectivity index (χ1n) is 11.2. The zero-order chi connectivity index (χ0) is 22.5. The molecule has 31 heavy (non-hydrogen) atoms. The first-order chi connectivity index (χ1) is 15.2. The van der Waals surface area contributed by atoms with Crippen molar-refractivity contribution in [2.24, 2.45) is 0 Å². The fourth-order valence-corrected chi connectivity index (χ4v) is 5.31. The lowest BCUT2D eigenvalue weighted by Gasteiger charge is -2.26. The van der Waals surface area contributed by atoms with Crippen LogP contribution in [0.4, 0.5) is 0 Å². The van der Waals surface area contributed by atoms with Crippen LogP contribution in [0, 0.1) is 0 Å². The van der Waals surface area contributed by atoms with Gasteiger partial charge in [-0.05, 0) is 59.0 Å². The van der Waals surface area contributed by atoms with E-state index in [1.807, 2.05) is 43.5 Å². The van der Waals surface area contributed by atoms with E-state index in [1.165, 1.54) is 31.3 Å². The number of pyridine rings is 1. The Labute approximate surface area is 189 Å². The van der Waals surface area contributed by atoms with Gasteiger partial charge in [0.2, 0.25) is 0 Å². The number of rotatable bonds is 4. The predicted octanol–water partition coefficient (Wildman–Crippen LogP) is 8.57. The summed E-state index contributed by atoms with van der Waals surface area (Å²) in [5, 5.41) is 2.57. The molecule has 2 aromatic heterocycles. The highest BCUT2D eigenvalue weighted by molar-refractivity contribution is 7.25. The Morgan fingerprint density at radius 1 is 0.806 bits per heavy atom. The number of aromatic nitrogens is 1. The molecule has 154 valence electrons. The van der Waals surface area contributed by atoms with Gasteiger partial charge in [0.15, 0.2) is 0 Å². The molecular weight excluding hydrogens is 394 g/mol. The Kier molecular flexibility index (Phi) is 4.61. The quantitative estimate of drug-likeness (QED) is 0.283. The highest BCUT2D eigenvalue weighted by Gasteiger charge is 2.23. The summed E-state index contributed by atoms with van der Waals surface area (Å²) in [5.41, 5.74) is 5.55. The molecule has 0 fully saturated rings. The van der Waals surface area contributed by atoms with Crippen LogP contribution in [0.15, 0.2) is 85.1 Å². The Balaban J connectivity index is 1.65. The molecule has 5 aromatic rings. The molecule has 0 aliphatic rings. The Hall–Kier alpha value is -2.97. The lowest BCUT2D eigenvalue weighted by Crippen LogP contribution is -2.18. The van der Waals surface area contributed by atoms with Gasteiger partial charge in [-0.25, -0.2) is 0 Å². The topological polar surface area (TPSA) is 12.9 Å². The largest absolute Gasteiger partial charge is 0.256 e. The minimum absolute atomic E-state index is 0.0725. The van der Waals surface area contributed by atoms with Crippen molar-refractivity contribution in [3.63, 3.8) is 0 Å². The summed E-state index contributed by atoms with van der Waals surface area (Å²) in [6, 6.07) is 28.2. The van der Waals surface area contributed by atoms with Gasteiger partial charge >= 0.3 is 0 Å². The van der Waals surface area contributed by atoms with Crippen LogP contribution in [0.1, 0.15) is 51.7 Å². The summed E-state index contributed by atoms with van der Waals surface area (Å²) in [4.78, 5) is 4.61. The molecule has 0 N–H and O–H groups in total. The van der Waals surface area contributed by atoms with Crippen LogP contribution in [0.5, 0.6) is 0 Å². The van der Waals surface area contributed by atoms with E-state index < -0.39 is 5.89 Å². The number of hydrogen-bond donors (Lipinski definition) is 0. The highest BCUT2D eigenvalue weighted by Crippen LogP contribution is 2.40. The van der Waals surface area contributed by atoms with Crippen molar-refractivity contribution in [2.45, 2.75) is 39.0 Å². The molecule has 0 amide bonds. The highest BCUT2D eigenvalue weighted by atomic mass is 32.1. The molecule has 2 heteroatoms. The lowest BCUT2D eigenvalue weighted by molar-refractivity contribution is 0.642. The molecule has 2 heterocycles. The van der Waals surface area contributed by atoms with Gasteiger partial charge in [0, 0.05) is 38.7 Å². The van der Waals surface area contributed by atoms with Crippen molar-refractivity contribution in [3.05, 3.63) is 102 Å². The van der Waals surface area contributed by atoms with Crippen molar-refractivity contribution in [3.8, 4) is 11.3 Å². The van der Waals surface area contributed by atoms with E-state index in [0.717, 1.165) is 16.8 Å². The fourth-order valence-electron chi connectivity index (χ4n) is 4.25. The maximum absolute atomic E-state index is 8.37. The minimum atomic E-state index is -0.644. The molecule has 0 radical (unpaired) electrons.